The van der Waals surface area contributed by atoms with Crippen LogP contribution in [0.5, 0.6) is 0 Å². The van der Waals surface area contributed by atoms with E-state index < -0.39 is 5.97 Å². The molecule has 1 aromatic heterocycles. The molecular formula is C12H10BrN3O2. The standard InChI is InChI=1S/C12H10BrN3O2/c1-6-2-3-7(4-9(6)13)11-15-5-8(12(17)18)10(14)16-11/h2-5H,1H3,(H,17,18)(H2,14,15,16). The molecule has 0 amide bonds. The van der Waals surface area contributed by atoms with E-state index in [1.54, 1.807) is 0 Å². The molecule has 0 aliphatic carbocycles. The minimum absolute atomic E-state index is 0.0378. The first-order valence-corrected chi connectivity index (χ1v) is 5.90. The van der Waals surface area contributed by atoms with Crippen LogP contribution in [0.15, 0.2) is 28.9 Å². The monoisotopic (exact) mass is 307 g/mol. The number of aromatic nitrogens is 2. The topological polar surface area (TPSA) is 89.1 Å². The molecule has 0 fully saturated rings. The lowest BCUT2D eigenvalue weighted by Crippen LogP contribution is -2.06. The van der Waals surface area contributed by atoms with Gasteiger partial charge in [-0.2, -0.15) is 0 Å². The summed E-state index contributed by atoms with van der Waals surface area (Å²) < 4.78 is 0.935. The Hall–Kier alpha value is -1.95. The second-order valence-electron chi connectivity index (χ2n) is 3.76. The van der Waals surface area contributed by atoms with Crippen LogP contribution in [-0.4, -0.2) is 21.0 Å². The number of benzene rings is 1. The summed E-state index contributed by atoms with van der Waals surface area (Å²) in [5.41, 5.74) is 7.36. The maximum atomic E-state index is 10.8. The number of halogens is 1. The first kappa shape index (κ1) is 12.5. The highest BCUT2D eigenvalue weighted by Crippen LogP contribution is 2.24. The number of carboxylic acids is 1. The van der Waals surface area contributed by atoms with Crippen molar-refractivity contribution in [3.05, 3.63) is 40.0 Å². The van der Waals surface area contributed by atoms with Crippen LogP contribution < -0.4 is 5.73 Å². The van der Waals surface area contributed by atoms with E-state index in [2.05, 4.69) is 25.9 Å². The number of hydrogen-bond donors (Lipinski definition) is 2. The summed E-state index contributed by atoms with van der Waals surface area (Å²) in [6, 6.07) is 5.64. The molecule has 6 heteroatoms. The van der Waals surface area contributed by atoms with Crippen LogP contribution >= 0.6 is 15.9 Å². The van der Waals surface area contributed by atoms with Crippen molar-refractivity contribution in [1.82, 2.24) is 9.97 Å². The summed E-state index contributed by atoms with van der Waals surface area (Å²) in [5.74, 6) is -0.772. The number of nitrogens with two attached hydrogens (primary N) is 1. The fourth-order valence-electron chi connectivity index (χ4n) is 1.43. The second kappa shape index (κ2) is 4.73. The zero-order valence-corrected chi connectivity index (χ0v) is 11.1. The summed E-state index contributed by atoms with van der Waals surface area (Å²) in [4.78, 5) is 18.8. The minimum atomic E-state index is -1.14. The van der Waals surface area contributed by atoms with Gasteiger partial charge in [0.1, 0.15) is 11.4 Å². The van der Waals surface area contributed by atoms with E-state index in [-0.39, 0.29) is 11.4 Å². The summed E-state index contributed by atoms with van der Waals surface area (Å²) in [6.45, 7) is 1.97. The zero-order chi connectivity index (χ0) is 13.3. The largest absolute Gasteiger partial charge is 0.477 e. The van der Waals surface area contributed by atoms with Crippen LogP contribution in [0, 0.1) is 6.92 Å². The average Bonchev–Trinajstić information content (AvgIpc) is 2.32. The van der Waals surface area contributed by atoms with Crippen molar-refractivity contribution in [2.75, 3.05) is 5.73 Å². The van der Waals surface area contributed by atoms with Gasteiger partial charge in [-0.05, 0) is 18.6 Å². The van der Waals surface area contributed by atoms with Gasteiger partial charge < -0.3 is 10.8 Å². The number of hydrogen-bond acceptors (Lipinski definition) is 4. The number of carbonyl (C=O) groups is 1. The van der Waals surface area contributed by atoms with E-state index in [0.29, 0.717) is 5.82 Å². The molecule has 0 radical (unpaired) electrons. The Morgan fingerprint density at radius 2 is 2.17 bits per heavy atom. The number of rotatable bonds is 2. The Balaban J connectivity index is 2.48. The van der Waals surface area contributed by atoms with Crippen LogP contribution in [-0.2, 0) is 0 Å². The quantitative estimate of drug-likeness (QED) is 0.889. The van der Waals surface area contributed by atoms with Crippen LogP contribution in [0.1, 0.15) is 15.9 Å². The number of carboxylic acid groups (broad SMARTS) is 1. The summed E-state index contributed by atoms with van der Waals surface area (Å²) in [6.07, 6.45) is 1.22. The normalized spacial score (nSPS) is 10.3. The Morgan fingerprint density at radius 1 is 1.44 bits per heavy atom. The molecule has 1 aromatic carbocycles. The number of anilines is 1. The average molecular weight is 308 g/mol. The summed E-state index contributed by atoms with van der Waals surface area (Å²) in [7, 11) is 0. The minimum Gasteiger partial charge on any atom is -0.477 e. The van der Waals surface area contributed by atoms with E-state index >= 15 is 0 Å². The number of nitrogens with zero attached hydrogens (tertiary/aromatic N) is 2. The molecule has 0 aliphatic heterocycles. The van der Waals surface area contributed by atoms with E-state index in [9.17, 15) is 4.79 Å². The second-order valence-corrected chi connectivity index (χ2v) is 4.62. The molecule has 0 atom stereocenters. The van der Waals surface area contributed by atoms with Crippen molar-refractivity contribution in [3.8, 4) is 11.4 Å². The maximum Gasteiger partial charge on any atom is 0.341 e. The van der Waals surface area contributed by atoms with Gasteiger partial charge >= 0.3 is 5.97 Å². The molecule has 2 aromatic rings. The first-order chi connectivity index (χ1) is 8.49. The van der Waals surface area contributed by atoms with Gasteiger partial charge in [0.05, 0.1) is 0 Å². The van der Waals surface area contributed by atoms with Gasteiger partial charge in [0.25, 0.3) is 0 Å². The van der Waals surface area contributed by atoms with Crippen molar-refractivity contribution in [2.45, 2.75) is 6.92 Å². The van der Waals surface area contributed by atoms with Gasteiger partial charge in [0.15, 0.2) is 5.82 Å². The zero-order valence-electron chi connectivity index (χ0n) is 9.51. The van der Waals surface area contributed by atoms with Gasteiger partial charge in [-0.15, -0.1) is 0 Å². The molecular weight excluding hydrogens is 298 g/mol. The molecule has 0 saturated heterocycles. The molecule has 18 heavy (non-hydrogen) atoms. The van der Waals surface area contributed by atoms with E-state index in [1.807, 2.05) is 25.1 Å². The third kappa shape index (κ3) is 2.33. The maximum absolute atomic E-state index is 10.8. The molecule has 0 saturated carbocycles. The predicted octanol–water partition coefficient (Wildman–Crippen LogP) is 2.49. The van der Waals surface area contributed by atoms with E-state index in [0.717, 1.165) is 15.6 Å². The van der Waals surface area contributed by atoms with Crippen molar-refractivity contribution in [2.24, 2.45) is 0 Å². The number of aryl methyl sites for hydroxylation is 1. The Kier molecular flexibility index (Phi) is 3.29. The summed E-state index contributed by atoms with van der Waals surface area (Å²) >= 11 is 3.42. The molecule has 3 N–H and O–H groups in total. The van der Waals surface area contributed by atoms with Gasteiger partial charge in [-0.1, -0.05) is 28.1 Å². The van der Waals surface area contributed by atoms with E-state index in [4.69, 9.17) is 10.8 Å². The molecule has 0 aliphatic rings. The molecule has 2 rings (SSSR count). The van der Waals surface area contributed by atoms with Crippen molar-refractivity contribution in [1.29, 1.82) is 0 Å². The number of nitrogen functional groups attached to an aromatic ring is 1. The SMILES string of the molecule is Cc1ccc(-c2ncc(C(=O)O)c(N)n2)cc1Br. The first-order valence-electron chi connectivity index (χ1n) is 5.11. The lowest BCUT2D eigenvalue weighted by Gasteiger charge is -2.05. The highest BCUT2D eigenvalue weighted by Gasteiger charge is 2.12. The lowest BCUT2D eigenvalue weighted by molar-refractivity contribution is 0.0697. The highest BCUT2D eigenvalue weighted by molar-refractivity contribution is 9.10. The van der Waals surface area contributed by atoms with E-state index in [1.165, 1.54) is 6.20 Å². The predicted molar refractivity (Wildman–Crippen MR) is 71.3 cm³/mol. The molecule has 0 spiro atoms. The molecule has 5 nitrogen and oxygen atoms in total. The highest BCUT2D eigenvalue weighted by atomic mass is 79.9. The van der Waals surface area contributed by atoms with Crippen LogP contribution in [0.3, 0.4) is 0 Å². The van der Waals surface area contributed by atoms with Gasteiger partial charge in [-0.25, -0.2) is 14.8 Å². The van der Waals surface area contributed by atoms with Gasteiger partial charge in [0, 0.05) is 16.2 Å². The summed E-state index contributed by atoms with van der Waals surface area (Å²) in [5, 5.41) is 8.84. The van der Waals surface area contributed by atoms with Crippen molar-refractivity contribution < 1.29 is 9.90 Å². The fraction of sp³-hybridized carbons (Fsp3) is 0.0833. The smallest absolute Gasteiger partial charge is 0.341 e. The van der Waals surface area contributed by atoms with Crippen LogP contribution in [0.25, 0.3) is 11.4 Å². The third-order valence-electron chi connectivity index (χ3n) is 2.48. The fourth-order valence-corrected chi connectivity index (χ4v) is 1.81. The lowest BCUT2D eigenvalue weighted by atomic mass is 10.1. The van der Waals surface area contributed by atoms with Crippen LogP contribution in [0.2, 0.25) is 0 Å². The van der Waals surface area contributed by atoms with Crippen molar-refractivity contribution in [3.63, 3.8) is 0 Å². The molecule has 1 heterocycles. The molecule has 0 unspecified atom stereocenters. The van der Waals surface area contributed by atoms with Gasteiger partial charge in [0.2, 0.25) is 0 Å². The van der Waals surface area contributed by atoms with Crippen LogP contribution in [0.4, 0.5) is 5.82 Å². The Morgan fingerprint density at radius 3 is 2.72 bits per heavy atom. The molecule has 92 valence electrons. The van der Waals surface area contributed by atoms with Crippen molar-refractivity contribution >= 4 is 27.7 Å². The number of aromatic carboxylic acids is 1. The molecule has 0 bridgehead atoms. The Bertz CT molecular complexity index is 629. The Labute approximate surface area is 112 Å². The third-order valence-corrected chi connectivity index (χ3v) is 3.33. The van der Waals surface area contributed by atoms with Gasteiger partial charge in [-0.3, -0.25) is 0 Å².